The molecule has 100 valence electrons. The van der Waals surface area contributed by atoms with Crippen LogP contribution in [0, 0.1) is 6.92 Å². The lowest BCUT2D eigenvalue weighted by Crippen LogP contribution is -2.27. The van der Waals surface area contributed by atoms with E-state index < -0.39 is 0 Å². The second kappa shape index (κ2) is 6.84. The third-order valence-corrected chi connectivity index (χ3v) is 4.14. The highest BCUT2D eigenvalue weighted by Gasteiger charge is 2.03. The fourth-order valence-electron chi connectivity index (χ4n) is 1.67. The first-order valence-electron chi connectivity index (χ1n) is 5.95. The van der Waals surface area contributed by atoms with Crippen molar-refractivity contribution in [3.05, 3.63) is 50.6 Å². The van der Waals surface area contributed by atoms with Gasteiger partial charge in [0.1, 0.15) is 0 Å². The van der Waals surface area contributed by atoms with Crippen molar-refractivity contribution in [1.82, 2.24) is 5.32 Å². The van der Waals surface area contributed by atoms with Crippen molar-refractivity contribution < 1.29 is 4.79 Å². The summed E-state index contributed by atoms with van der Waals surface area (Å²) in [5.41, 5.74) is 1.97. The molecule has 1 aromatic heterocycles. The Bertz CT molecular complexity index is 568. The topological polar surface area (TPSA) is 41.1 Å². The molecule has 0 unspecified atom stereocenters. The minimum atomic E-state index is -0.0266. The molecule has 0 saturated carbocycles. The molecule has 2 rings (SSSR count). The van der Waals surface area contributed by atoms with Gasteiger partial charge in [0.25, 0.3) is 0 Å². The number of nitrogens with one attached hydrogen (secondary N) is 2. The van der Waals surface area contributed by atoms with Crippen LogP contribution in [0.25, 0.3) is 0 Å². The Labute approximate surface area is 125 Å². The quantitative estimate of drug-likeness (QED) is 0.875. The zero-order valence-corrected chi connectivity index (χ0v) is 13.0. The summed E-state index contributed by atoms with van der Waals surface area (Å²) in [6, 6.07) is 11.8. The van der Waals surface area contributed by atoms with E-state index in [9.17, 15) is 4.79 Å². The summed E-state index contributed by atoms with van der Waals surface area (Å²) in [5.74, 6) is -0.0266. The molecule has 19 heavy (non-hydrogen) atoms. The van der Waals surface area contributed by atoms with E-state index >= 15 is 0 Å². The molecule has 0 aliphatic heterocycles. The van der Waals surface area contributed by atoms with Crippen LogP contribution in [0.4, 0.5) is 5.69 Å². The van der Waals surface area contributed by atoms with Crippen molar-refractivity contribution in [2.75, 3.05) is 11.9 Å². The van der Waals surface area contributed by atoms with E-state index in [1.165, 1.54) is 4.88 Å². The van der Waals surface area contributed by atoms with E-state index in [0.29, 0.717) is 13.1 Å². The van der Waals surface area contributed by atoms with Gasteiger partial charge in [0.2, 0.25) is 5.91 Å². The first kappa shape index (κ1) is 14.2. The fraction of sp³-hybridized carbons (Fsp3) is 0.214. The second-order valence-electron chi connectivity index (χ2n) is 4.23. The number of anilines is 1. The van der Waals surface area contributed by atoms with Crippen molar-refractivity contribution in [1.29, 1.82) is 0 Å². The van der Waals surface area contributed by atoms with Gasteiger partial charge in [0.05, 0.1) is 10.3 Å². The molecule has 1 amide bonds. The third-order valence-electron chi connectivity index (χ3n) is 2.52. The second-order valence-corrected chi connectivity index (χ2v) is 6.77. The van der Waals surface area contributed by atoms with Crippen LogP contribution in [-0.4, -0.2) is 12.5 Å². The van der Waals surface area contributed by atoms with Gasteiger partial charge < -0.3 is 10.6 Å². The van der Waals surface area contributed by atoms with Crippen LogP contribution >= 0.6 is 27.3 Å². The third kappa shape index (κ3) is 4.78. The van der Waals surface area contributed by atoms with Crippen LogP contribution in [0.5, 0.6) is 0 Å². The molecule has 5 heteroatoms. The Morgan fingerprint density at radius 1 is 1.32 bits per heavy atom. The van der Waals surface area contributed by atoms with Crippen LogP contribution in [0.2, 0.25) is 0 Å². The Morgan fingerprint density at radius 2 is 2.16 bits per heavy atom. The Kier molecular flexibility index (Phi) is 5.13. The summed E-state index contributed by atoms with van der Waals surface area (Å²) in [6.07, 6.45) is 0. The molecule has 2 N–H and O–H groups in total. The number of halogens is 1. The predicted octanol–water partition coefficient (Wildman–Crippen LogP) is 3.55. The smallest absolute Gasteiger partial charge is 0.238 e. The average Bonchev–Trinajstić information content (AvgIpc) is 2.75. The minimum absolute atomic E-state index is 0.0266. The number of aryl methyl sites for hydroxylation is 1. The zero-order chi connectivity index (χ0) is 13.7. The van der Waals surface area contributed by atoms with Crippen molar-refractivity contribution in [2.45, 2.75) is 13.5 Å². The highest BCUT2D eigenvalue weighted by Crippen LogP contribution is 2.21. The van der Waals surface area contributed by atoms with E-state index in [-0.39, 0.29) is 5.91 Å². The Balaban J connectivity index is 1.76. The standard InChI is InChI=1S/C14H15BrN2OS/c1-10-3-2-4-11(7-10)17-14(18)9-16-8-12-5-6-13(15)19-12/h2-7,16H,8-9H2,1H3,(H,17,18). The molecule has 1 heterocycles. The van der Waals surface area contributed by atoms with Gasteiger partial charge in [0.15, 0.2) is 0 Å². The van der Waals surface area contributed by atoms with Crippen LogP contribution in [0.3, 0.4) is 0 Å². The molecule has 3 nitrogen and oxygen atoms in total. The number of rotatable bonds is 5. The molecule has 0 saturated heterocycles. The number of hydrogen-bond acceptors (Lipinski definition) is 3. The molecular weight excluding hydrogens is 324 g/mol. The number of carbonyl (C=O) groups excluding carboxylic acids is 1. The van der Waals surface area contributed by atoms with Crippen molar-refractivity contribution in [3.8, 4) is 0 Å². The molecular formula is C14H15BrN2OS. The summed E-state index contributed by atoms with van der Waals surface area (Å²) in [6.45, 7) is 3.02. The van der Waals surface area contributed by atoms with Crippen molar-refractivity contribution in [3.63, 3.8) is 0 Å². The van der Waals surface area contributed by atoms with Crippen LogP contribution in [0.1, 0.15) is 10.4 Å². The molecule has 0 bridgehead atoms. The molecule has 0 fully saturated rings. The maximum absolute atomic E-state index is 11.7. The molecule has 0 aliphatic rings. The summed E-state index contributed by atoms with van der Waals surface area (Å²) in [7, 11) is 0. The maximum atomic E-state index is 11.7. The number of benzene rings is 1. The first-order chi connectivity index (χ1) is 9.13. The molecule has 0 radical (unpaired) electrons. The van der Waals surface area contributed by atoms with E-state index in [4.69, 9.17) is 0 Å². The van der Waals surface area contributed by atoms with Gasteiger partial charge in [-0.1, -0.05) is 12.1 Å². The first-order valence-corrected chi connectivity index (χ1v) is 7.56. The highest BCUT2D eigenvalue weighted by molar-refractivity contribution is 9.11. The van der Waals surface area contributed by atoms with E-state index in [2.05, 4.69) is 26.6 Å². The van der Waals surface area contributed by atoms with Gasteiger partial charge in [-0.2, -0.15) is 0 Å². The fourth-order valence-corrected chi connectivity index (χ4v) is 3.13. The lowest BCUT2D eigenvalue weighted by Gasteiger charge is -2.06. The van der Waals surface area contributed by atoms with Crippen LogP contribution in [-0.2, 0) is 11.3 Å². The molecule has 2 aromatic rings. The summed E-state index contributed by atoms with van der Waals surface area (Å²) in [5, 5.41) is 5.99. The SMILES string of the molecule is Cc1cccc(NC(=O)CNCc2ccc(Br)s2)c1. The Hall–Kier alpha value is -1.17. The minimum Gasteiger partial charge on any atom is -0.325 e. The maximum Gasteiger partial charge on any atom is 0.238 e. The van der Waals surface area contributed by atoms with Crippen LogP contribution in [0.15, 0.2) is 40.2 Å². The predicted molar refractivity (Wildman–Crippen MR) is 83.5 cm³/mol. The van der Waals surface area contributed by atoms with Gasteiger partial charge >= 0.3 is 0 Å². The normalized spacial score (nSPS) is 10.4. The van der Waals surface area contributed by atoms with Gasteiger partial charge in [-0.15, -0.1) is 11.3 Å². The monoisotopic (exact) mass is 338 g/mol. The molecule has 0 atom stereocenters. The number of thiophene rings is 1. The van der Waals surface area contributed by atoms with Crippen molar-refractivity contribution >= 4 is 38.9 Å². The van der Waals surface area contributed by atoms with E-state index in [0.717, 1.165) is 15.0 Å². The number of hydrogen-bond donors (Lipinski definition) is 2. The van der Waals surface area contributed by atoms with Gasteiger partial charge in [-0.25, -0.2) is 0 Å². The number of amides is 1. The molecule has 1 aromatic carbocycles. The van der Waals surface area contributed by atoms with Gasteiger partial charge in [-0.3, -0.25) is 4.79 Å². The summed E-state index contributed by atoms with van der Waals surface area (Å²) in [4.78, 5) is 12.9. The van der Waals surface area contributed by atoms with E-state index in [1.54, 1.807) is 11.3 Å². The van der Waals surface area contributed by atoms with Gasteiger partial charge in [-0.05, 0) is 52.7 Å². The molecule has 0 spiro atoms. The zero-order valence-electron chi connectivity index (χ0n) is 10.6. The lowest BCUT2D eigenvalue weighted by molar-refractivity contribution is -0.115. The molecule has 0 aliphatic carbocycles. The summed E-state index contributed by atoms with van der Waals surface area (Å²) >= 11 is 5.08. The highest BCUT2D eigenvalue weighted by atomic mass is 79.9. The number of carbonyl (C=O) groups is 1. The summed E-state index contributed by atoms with van der Waals surface area (Å²) < 4.78 is 1.11. The largest absolute Gasteiger partial charge is 0.325 e. The Morgan fingerprint density at radius 3 is 2.84 bits per heavy atom. The van der Waals surface area contributed by atoms with Gasteiger partial charge in [0, 0.05) is 17.1 Å². The van der Waals surface area contributed by atoms with E-state index in [1.807, 2.05) is 43.3 Å². The van der Waals surface area contributed by atoms with Crippen LogP contribution < -0.4 is 10.6 Å². The van der Waals surface area contributed by atoms with Crippen molar-refractivity contribution in [2.24, 2.45) is 0 Å². The average molecular weight is 339 g/mol. The lowest BCUT2D eigenvalue weighted by atomic mass is 10.2.